The Kier molecular flexibility index (Phi) is 3.83. The second-order valence-corrected chi connectivity index (χ2v) is 3.23. The fourth-order valence-electron chi connectivity index (χ4n) is 1.21. The first-order chi connectivity index (χ1) is 7.54. The van der Waals surface area contributed by atoms with Crippen LogP contribution in [-0.2, 0) is 4.79 Å². The van der Waals surface area contributed by atoms with Crippen LogP contribution in [0, 0.1) is 0 Å². The molecule has 0 aromatic heterocycles. The zero-order chi connectivity index (χ0) is 12.1. The minimum atomic E-state index is -1.06. The molecular weight excluding hydrogens is 208 g/mol. The molecule has 0 radical (unpaired) electrons. The monoisotopic (exact) mass is 220 g/mol. The summed E-state index contributed by atoms with van der Waals surface area (Å²) in [5.41, 5.74) is 0.477. The highest BCUT2D eigenvalue weighted by molar-refractivity contribution is 6.10. The molecule has 1 N–H and O–H groups in total. The maximum atomic E-state index is 11.7. The molecule has 0 spiro atoms. The molecule has 1 rings (SSSR count). The lowest BCUT2D eigenvalue weighted by atomic mass is 10.0. The second-order valence-electron chi connectivity index (χ2n) is 3.23. The topological polar surface area (TPSA) is 63.6 Å². The first kappa shape index (κ1) is 12.0. The van der Waals surface area contributed by atoms with Gasteiger partial charge < -0.3 is 9.84 Å². The molecule has 0 fully saturated rings. The third kappa shape index (κ3) is 2.95. The van der Waals surface area contributed by atoms with Crippen LogP contribution in [0.1, 0.15) is 16.8 Å². The summed E-state index contributed by atoms with van der Waals surface area (Å²) in [4.78, 5) is 22.1. The van der Waals surface area contributed by atoms with E-state index in [1.807, 2.05) is 0 Å². The molecule has 1 aromatic rings. The van der Waals surface area contributed by atoms with Gasteiger partial charge in [-0.3, -0.25) is 9.59 Å². The molecule has 0 saturated carbocycles. The van der Waals surface area contributed by atoms with E-state index in [9.17, 15) is 9.59 Å². The van der Waals surface area contributed by atoms with E-state index in [4.69, 9.17) is 9.84 Å². The first-order valence-corrected chi connectivity index (χ1v) is 4.63. The van der Waals surface area contributed by atoms with Crippen LogP contribution in [0.15, 0.2) is 36.4 Å². The lowest BCUT2D eigenvalue weighted by Crippen LogP contribution is -2.07. The summed E-state index contributed by atoms with van der Waals surface area (Å²) in [6, 6.07) is 6.44. The van der Waals surface area contributed by atoms with E-state index in [2.05, 4.69) is 6.58 Å². The number of carboxylic acid groups (broad SMARTS) is 1. The SMILES string of the molecule is C=C(CC(=O)O)C(=O)c1ccc(OC)cc1. The standard InChI is InChI=1S/C12H12O4/c1-8(7-11(13)14)12(15)9-3-5-10(16-2)6-4-9/h3-6H,1,7H2,2H3,(H,13,14). The van der Waals surface area contributed by atoms with Gasteiger partial charge in [0.2, 0.25) is 0 Å². The highest BCUT2D eigenvalue weighted by Crippen LogP contribution is 2.15. The van der Waals surface area contributed by atoms with Crippen LogP contribution < -0.4 is 4.74 Å². The number of benzene rings is 1. The van der Waals surface area contributed by atoms with Crippen LogP contribution in [0.4, 0.5) is 0 Å². The maximum absolute atomic E-state index is 11.7. The van der Waals surface area contributed by atoms with Crippen molar-refractivity contribution in [1.82, 2.24) is 0 Å². The van der Waals surface area contributed by atoms with Gasteiger partial charge in [-0.1, -0.05) is 6.58 Å². The molecular formula is C12H12O4. The Morgan fingerprint density at radius 3 is 2.31 bits per heavy atom. The van der Waals surface area contributed by atoms with Crippen molar-refractivity contribution in [3.63, 3.8) is 0 Å². The van der Waals surface area contributed by atoms with Crippen molar-refractivity contribution >= 4 is 11.8 Å². The lowest BCUT2D eigenvalue weighted by Gasteiger charge is -2.03. The maximum Gasteiger partial charge on any atom is 0.307 e. The van der Waals surface area contributed by atoms with Gasteiger partial charge in [-0.15, -0.1) is 0 Å². The number of aliphatic carboxylic acids is 1. The van der Waals surface area contributed by atoms with Gasteiger partial charge in [-0.05, 0) is 24.3 Å². The van der Waals surface area contributed by atoms with Crippen molar-refractivity contribution in [3.05, 3.63) is 42.0 Å². The van der Waals surface area contributed by atoms with Gasteiger partial charge in [-0.25, -0.2) is 0 Å². The first-order valence-electron chi connectivity index (χ1n) is 4.63. The quantitative estimate of drug-likeness (QED) is 0.608. The molecule has 0 saturated heterocycles. The number of methoxy groups -OCH3 is 1. The molecule has 0 atom stereocenters. The molecule has 0 unspecified atom stereocenters. The van der Waals surface area contributed by atoms with Crippen molar-refractivity contribution in [2.75, 3.05) is 7.11 Å². The number of carbonyl (C=O) groups excluding carboxylic acids is 1. The number of hydrogen-bond donors (Lipinski definition) is 1. The third-order valence-corrected chi connectivity index (χ3v) is 2.04. The largest absolute Gasteiger partial charge is 0.497 e. The molecule has 4 heteroatoms. The van der Waals surface area contributed by atoms with Gasteiger partial charge in [0.25, 0.3) is 0 Å². The average Bonchev–Trinajstić information content (AvgIpc) is 2.27. The van der Waals surface area contributed by atoms with E-state index in [0.29, 0.717) is 11.3 Å². The second kappa shape index (κ2) is 5.11. The van der Waals surface area contributed by atoms with Crippen molar-refractivity contribution in [1.29, 1.82) is 0 Å². The normalized spacial score (nSPS) is 9.56. The number of ketones is 1. The van der Waals surface area contributed by atoms with Crippen molar-refractivity contribution in [3.8, 4) is 5.75 Å². The van der Waals surface area contributed by atoms with Crippen LogP contribution in [0.2, 0.25) is 0 Å². The van der Waals surface area contributed by atoms with Gasteiger partial charge in [0.1, 0.15) is 5.75 Å². The summed E-state index contributed by atoms with van der Waals surface area (Å²) in [6.45, 7) is 3.45. The molecule has 4 nitrogen and oxygen atoms in total. The summed E-state index contributed by atoms with van der Waals surface area (Å²) >= 11 is 0. The Bertz CT molecular complexity index is 417. The minimum Gasteiger partial charge on any atom is -0.497 e. The fraction of sp³-hybridized carbons (Fsp3) is 0.167. The van der Waals surface area contributed by atoms with Crippen LogP contribution in [-0.4, -0.2) is 24.0 Å². The van der Waals surface area contributed by atoms with E-state index in [1.165, 1.54) is 7.11 Å². The molecule has 0 aliphatic carbocycles. The summed E-state index contributed by atoms with van der Waals surface area (Å²) in [6.07, 6.45) is -0.342. The molecule has 0 heterocycles. The molecule has 16 heavy (non-hydrogen) atoms. The van der Waals surface area contributed by atoms with E-state index < -0.39 is 5.97 Å². The highest BCUT2D eigenvalue weighted by atomic mass is 16.5. The fourth-order valence-corrected chi connectivity index (χ4v) is 1.21. The van der Waals surface area contributed by atoms with Crippen molar-refractivity contribution in [2.45, 2.75) is 6.42 Å². The Hall–Kier alpha value is -2.10. The zero-order valence-electron chi connectivity index (χ0n) is 8.90. The van der Waals surface area contributed by atoms with Crippen molar-refractivity contribution in [2.24, 2.45) is 0 Å². The van der Waals surface area contributed by atoms with Crippen LogP contribution in [0.5, 0.6) is 5.75 Å². The molecule has 84 valence electrons. The third-order valence-electron chi connectivity index (χ3n) is 2.04. The molecule has 1 aromatic carbocycles. The summed E-state index contributed by atoms with van der Waals surface area (Å²) in [5, 5.41) is 8.53. The Morgan fingerprint density at radius 1 is 1.31 bits per heavy atom. The predicted octanol–water partition coefficient (Wildman–Crippen LogP) is 1.91. The highest BCUT2D eigenvalue weighted by Gasteiger charge is 2.12. The molecule has 0 bridgehead atoms. The van der Waals surface area contributed by atoms with E-state index in [-0.39, 0.29) is 17.8 Å². The van der Waals surface area contributed by atoms with Crippen LogP contribution in [0.25, 0.3) is 0 Å². The van der Waals surface area contributed by atoms with Crippen LogP contribution in [0.3, 0.4) is 0 Å². The Labute approximate surface area is 93.2 Å². The lowest BCUT2D eigenvalue weighted by molar-refractivity contribution is -0.136. The number of hydrogen-bond acceptors (Lipinski definition) is 3. The predicted molar refractivity (Wildman–Crippen MR) is 58.7 cm³/mol. The van der Waals surface area contributed by atoms with Gasteiger partial charge >= 0.3 is 5.97 Å². The number of Topliss-reactive ketones (excluding diaryl/α,β-unsaturated/α-hetero) is 1. The number of carbonyl (C=O) groups is 2. The van der Waals surface area contributed by atoms with Gasteiger partial charge in [0.05, 0.1) is 13.5 Å². The molecule has 0 aliphatic heterocycles. The van der Waals surface area contributed by atoms with Gasteiger partial charge in [-0.2, -0.15) is 0 Å². The number of rotatable bonds is 5. The summed E-state index contributed by atoms with van der Waals surface area (Å²) in [5.74, 6) is -0.780. The Balaban J connectivity index is 2.80. The van der Waals surface area contributed by atoms with Crippen LogP contribution >= 0.6 is 0 Å². The summed E-state index contributed by atoms with van der Waals surface area (Å²) in [7, 11) is 1.53. The molecule has 0 aliphatic rings. The number of carboxylic acids is 1. The van der Waals surface area contributed by atoms with Gasteiger partial charge in [0.15, 0.2) is 5.78 Å². The zero-order valence-corrected chi connectivity index (χ0v) is 8.90. The minimum absolute atomic E-state index is 0.0673. The summed E-state index contributed by atoms with van der Waals surface area (Å²) < 4.78 is 4.95. The van der Waals surface area contributed by atoms with E-state index in [1.54, 1.807) is 24.3 Å². The van der Waals surface area contributed by atoms with Gasteiger partial charge in [0, 0.05) is 11.1 Å². The smallest absolute Gasteiger partial charge is 0.307 e. The Morgan fingerprint density at radius 2 is 1.88 bits per heavy atom. The van der Waals surface area contributed by atoms with Crippen molar-refractivity contribution < 1.29 is 19.4 Å². The van der Waals surface area contributed by atoms with E-state index >= 15 is 0 Å². The number of ether oxygens (including phenoxy) is 1. The average molecular weight is 220 g/mol. The molecule has 0 amide bonds. The van der Waals surface area contributed by atoms with E-state index in [0.717, 1.165) is 0 Å².